The van der Waals surface area contributed by atoms with Crippen molar-refractivity contribution in [2.24, 2.45) is 71.6 Å². The van der Waals surface area contributed by atoms with Gasteiger partial charge >= 0.3 is 0 Å². The number of aromatic hydroxyl groups is 1. The molecular formula is C33H50N20O10. The SMILES string of the molecule is COc1ccc(O)c(CNC(O)C(=O)NC(C(=O)NC(N=C(N)N)C(=O)NC(N=C(N)N)C(=O)NC(N=C(C)N)C(=O)NC(N=C(N)N)C(=O)NC(N)C(N)=O)c2ccccc2)c1. The summed E-state index contributed by atoms with van der Waals surface area (Å²) in [6.07, 6.45) is -12.0. The molecular weight excluding hydrogens is 836 g/mol. The Morgan fingerprint density at radius 3 is 1.49 bits per heavy atom. The molecule has 7 amide bonds. The molecule has 30 heteroatoms. The molecule has 0 aromatic heterocycles. The fraction of sp³-hybridized carbons (Fsp3) is 0.303. The lowest BCUT2D eigenvalue weighted by molar-refractivity contribution is -0.137. The first-order chi connectivity index (χ1) is 29.5. The number of carbonyl (C=O) groups excluding carboxylic acids is 7. The summed E-state index contributed by atoms with van der Waals surface area (Å²) in [5.74, 6) is -11.2. The Balaban J connectivity index is 2.37. The lowest BCUT2D eigenvalue weighted by Crippen LogP contribution is -2.60. The lowest BCUT2D eigenvalue weighted by atomic mass is 10.1. The van der Waals surface area contributed by atoms with Crippen LogP contribution in [0.3, 0.4) is 0 Å². The Labute approximate surface area is 356 Å². The van der Waals surface area contributed by atoms with Crippen LogP contribution >= 0.6 is 0 Å². The number of ether oxygens (including phenoxy) is 1. The fourth-order valence-electron chi connectivity index (χ4n) is 4.74. The van der Waals surface area contributed by atoms with Gasteiger partial charge in [-0.15, -0.1) is 0 Å². The number of amidine groups is 1. The molecule has 7 unspecified atom stereocenters. The van der Waals surface area contributed by atoms with Crippen LogP contribution in [0.15, 0.2) is 68.5 Å². The van der Waals surface area contributed by atoms with Crippen LogP contribution in [0.4, 0.5) is 0 Å². The van der Waals surface area contributed by atoms with Gasteiger partial charge in [-0.05, 0) is 30.7 Å². The van der Waals surface area contributed by atoms with Gasteiger partial charge in [-0.1, -0.05) is 30.3 Å². The molecule has 0 fully saturated rings. The third-order valence-corrected chi connectivity index (χ3v) is 7.58. The highest BCUT2D eigenvalue weighted by atomic mass is 16.5. The molecule has 2 aromatic rings. The summed E-state index contributed by atoms with van der Waals surface area (Å²) >= 11 is 0. The highest BCUT2D eigenvalue weighted by molar-refractivity contribution is 5.99. The van der Waals surface area contributed by atoms with Crippen LogP contribution in [-0.2, 0) is 40.1 Å². The zero-order chi connectivity index (χ0) is 47.6. The lowest BCUT2D eigenvalue weighted by Gasteiger charge is -2.24. The topological polar surface area (TPSA) is 537 Å². The average Bonchev–Trinajstić information content (AvgIpc) is 3.20. The maximum atomic E-state index is 13.8. The summed E-state index contributed by atoms with van der Waals surface area (Å²) in [6, 6.07) is 10.1. The smallest absolute Gasteiger partial charge is 0.267 e. The zero-order valence-electron chi connectivity index (χ0n) is 33.5. The van der Waals surface area contributed by atoms with Gasteiger partial charge < -0.3 is 98.5 Å². The molecule has 0 saturated heterocycles. The zero-order valence-corrected chi connectivity index (χ0v) is 33.5. The van der Waals surface area contributed by atoms with Crippen LogP contribution in [0.1, 0.15) is 24.1 Å². The maximum Gasteiger partial charge on any atom is 0.267 e. The minimum Gasteiger partial charge on any atom is -0.508 e. The molecule has 0 radical (unpaired) electrons. The number of methoxy groups -OCH3 is 1. The molecule has 63 heavy (non-hydrogen) atoms. The number of hydrogen-bond donors (Lipinski definition) is 18. The Morgan fingerprint density at radius 1 is 0.619 bits per heavy atom. The third kappa shape index (κ3) is 16.9. The number of phenolic OH excluding ortho intramolecular Hbond substituents is 1. The molecule has 0 spiro atoms. The number of hydrogen-bond acceptors (Lipinski definition) is 16. The van der Waals surface area contributed by atoms with Gasteiger partial charge in [0.05, 0.1) is 12.9 Å². The number of aliphatic hydroxyl groups is 1. The van der Waals surface area contributed by atoms with E-state index in [1.807, 2.05) is 10.6 Å². The number of phenols is 1. The van der Waals surface area contributed by atoms with Gasteiger partial charge in [0.15, 0.2) is 30.3 Å². The van der Waals surface area contributed by atoms with Gasteiger partial charge in [0.1, 0.15) is 17.5 Å². The molecule has 27 N–H and O–H groups in total. The molecule has 30 nitrogen and oxygen atoms in total. The van der Waals surface area contributed by atoms with Crippen molar-refractivity contribution in [1.82, 2.24) is 37.2 Å². The van der Waals surface area contributed by atoms with E-state index in [1.165, 1.54) is 56.5 Å². The van der Waals surface area contributed by atoms with Crippen LogP contribution in [-0.4, -0.2) is 119 Å². The van der Waals surface area contributed by atoms with Crippen molar-refractivity contribution in [3.8, 4) is 11.5 Å². The van der Waals surface area contributed by atoms with Crippen molar-refractivity contribution in [2.45, 2.75) is 56.6 Å². The van der Waals surface area contributed by atoms with E-state index in [1.54, 1.807) is 6.07 Å². The second kappa shape index (κ2) is 23.9. The molecule has 342 valence electrons. The minimum absolute atomic E-state index is 0.137. The number of carbonyl (C=O) groups is 7. The standard InChI is InChI=1S/C33H50N20O10/c1-12(34)44-20(26(58)49-21(51-31(37)38)25(57)46-18(35)19(36)55)48-28(60)23(53-33(41)42)50-27(59)22(52-32(39)40)47-24(56)17(13-6-4-3-5-7-13)45-30(62)29(61)43-11-14-10-15(63-2)8-9-16(14)54/h3-10,17-18,20-23,29,43,54,61H,11,35H2,1-2H3,(H2,34,44)(H2,36,55)(H,45,62)(H,46,57)(H,47,56)(H,48,60)(H,49,58)(H,50,59)(H4,37,38,51)(H4,39,40,52)(H4,41,42,53). The predicted octanol–water partition coefficient (Wildman–Crippen LogP) is -9.48. The molecule has 0 aliphatic heterocycles. The van der Waals surface area contributed by atoms with Crippen molar-refractivity contribution >= 4 is 65.1 Å². The van der Waals surface area contributed by atoms with Crippen LogP contribution in [0.2, 0.25) is 0 Å². The molecule has 0 heterocycles. The summed E-state index contributed by atoms with van der Waals surface area (Å²) in [6.45, 7) is 0.969. The largest absolute Gasteiger partial charge is 0.508 e. The van der Waals surface area contributed by atoms with E-state index in [0.29, 0.717) is 5.75 Å². The molecule has 0 bridgehead atoms. The van der Waals surface area contributed by atoms with E-state index in [-0.39, 0.29) is 29.3 Å². The number of aliphatic imine (C=N–C) groups is 4. The van der Waals surface area contributed by atoms with Gasteiger partial charge in [-0.2, -0.15) is 0 Å². The number of nitrogens with zero attached hydrogens (tertiary/aromatic N) is 4. The van der Waals surface area contributed by atoms with Crippen LogP contribution in [0, 0.1) is 0 Å². The molecule has 0 aliphatic carbocycles. The second-order valence-corrected chi connectivity index (χ2v) is 12.6. The Bertz CT molecular complexity index is 2100. The summed E-state index contributed by atoms with van der Waals surface area (Å²) in [7, 11) is 1.40. The first-order valence-corrected chi connectivity index (χ1v) is 17.8. The van der Waals surface area contributed by atoms with Crippen LogP contribution < -0.4 is 93.6 Å². The highest BCUT2D eigenvalue weighted by Gasteiger charge is 2.34. The van der Waals surface area contributed by atoms with Gasteiger partial charge in [-0.3, -0.25) is 38.9 Å². The quantitative estimate of drug-likeness (QED) is 0.0296. The summed E-state index contributed by atoms with van der Waals surface area (Å²) in [5.41, 5.74) is 49.3. The predicted molar refractivity (Wildman–Crippen MR) is 223 cm³/mol. The number of guanidine groups is 3. The number of nitrogens with two attached hydrogens (primary N) is 9. The Kier molecular flexibility index (Phi) is 19.2. The van der Waals surface area contributed by atoms with Crippen molar-refractivity contribution in [3.63, 3.8) is 0 Å². The van der Waals surface area contributed by atoms with Crippen LogP contribution in [0.25, 0.3) is 0 Å². The molecule has 0 saturated carbocycles. The van der Waals surface area contributed by atoms with Crippen molar-refractivity contribution in [1.29, 1.82) is 0 Å². The summed E-state index contributed by atoms with van der Waals surface area (Å²) in [5, 5.41) is 36.0. The number of rotatable bonds is 22. The normalized spacial score (nSPS) is 14.2. The molecule has 2 rings (SSSR count). The number of primary amides is 1. The molecule has 2 aromatic carbocycles. The van der Waals surface area contributed by atoms with Crippen molar-refractivity contribution in [2.75, 3.05) is 7.11 Å². The highest BCUT2D eigenvalue weighted by Crippen LogP contribution is 2.22. The minimum atomic E-state index is -2.15. The first kappa shape index (κ1) is 50.6. The Hall–Kier alpha value is -8.51. The summed E-state index contributed by atoms with van der Waals surface area (Å²) < 4.78 is 5.12. The number of benzene rings is 2. The average molecular weight is 887 g/mol. The monoisotopic (exact) mass is 886 g/mol. The van der Waals surface area contributed by atoms with Gasteiger partial charge in [-0.25, -0.2) is 20.0 Å². The Morgan fingerprint density at radius 2 is 1.06 bits per heavy atom. The van der Waals surface area contributed by atoms with Crippen molar-refractivity contribution in [3.05, 3.63) is 59.7 Å². The number of aliphatic hydroxyl groups excluding tert-OH is 1. The van der Waals surface area contributed by atoms with E-state index in [0.717, 1.165) is 0 Å². The van der Waals surface area contributed by atoms with Gasteiger partial charge in [0.25, 0.3) is 35.4 Å². The summed E-state index contributed by atoms with van der Waals surface area (Å²) in [4.78, 5) is 106. The van der Waals surface area contributed by atoms with E-state index in [4.69, 9.17) is 56.3 Å². The third-order valence-electron chi connectivity index (χ3n) is 7.58. The first-order valence-electron chi connectivity index (χ1n) is 17.8. The fourth-order valence-corrected chi connectivity index (χ4v) is 4.74. The number of amides is 7. The van der Waals surface area contributed by atoms with E-state index in [9.17, 15) is 43.8 Å². The van der Waals surface area contributed by atoms with Gasteiger partial charge in [0.2, 0.25) is 30.6 Å². The van der Waals surface area contributed by atoms with Gasteiger partial charge in [0, 0.05) is 12.1 Å². The van der Waals surface area contributed by atoms with E-state index in [2.05, 4.69) is 46.6 Å². The van der Waals surface area contributed by atoms with Crippen LogP contribution in [0.5, 0.6) is 11.5 Å². The van der Waals surface area contributed by atoms with E-state index >= 15 is 0 Å². The second-order valence-electron chi connectivity index (χ2n) is 12.6. The van der Waals surface area contributed by atoms with E-state index < -0.39 is 102 Å². The molecule has 7 atom stereocenters. The number of nitrogens with one attached hydrogen (secondary N) is 7. The van der Waals surface area contributed by atoms with Crippen molar-refractivity contribution < 1.29 is 48.5 Å². The maximum absolute atomic E-state index is 13.8. The molecule has 0 aliphatic rings.